The number of benzene rings is 1. The van der Waals surface area contributed by atoms with Crippen molar-refractivity contribution < 1.29 is 5.21 Å². The lowest BCUT2D eigenvalue weighted by Crippen LogP contribution is -2.43. The van der Waals surface area contributed by atoms with E-state index >= 15 is 0 Å². The molecule has 6 heteroatoms. The first-order chi connectivity index (χ1) is 9.60. The molecule has 0 saturated heterocycles. The van der Waals surface area contributed by atoms with Crippen molar-refractivity contribution in [1.82, 2.24) is 5.32 Å². The largest absolute Gasteiger partial charge is 0.409 e. The molecule has 1 aliphatic rings. The molecule has 4 N–H and O–H groups in total. The molecule has 0 atom stereocenters. The van der Waals surface area contributed by atoms with Crippen LogP contribution >= 0.6 is 23.4 Å². The smallest absolute Gasteiger partial charge is 0.170 e. The van der Waals surface area contributed by atoms with E-state index in [1.165, 1.54) is 19.3 Å². The summed E-state index contributed by atoms with van der Waals surface area (Å²) in [4.78, 5) is 0. The first-order valence-electron chi connectivity index (χ1n) is 6.62. The number of hydrogen-bond donors (Lipinski definition) is 3. The van der Waals surface area contributed by atoms with Crippen LogP contribution in [0.4, 0.5) is 0 Å². The zero-order valence-corrected chi connectivity index (χ0v) is 13.1. The van der Waals surface area contributed by atoms with Gasteiger partial charge in [0.1, 0.15) is 0 Å². The molecule has 0 heterocycles. The van der Waals surface area contributed by atoms with Gasteiger partial charge in [-0.1, -0.05) is 35.3 Å². The van der Waals surface area contributed by atoms with Gasteiger partial charge < -0.3 is 16.3 Å². The SMILES string of the molecule is CSC1(CNCc2ccc(/C(N)=N/O)cc2Cl)CCC1. The molecule has 1 aromatic rings. The summed E-state index contributed by atoms with van der Waals surface area (Å²) in [5.74, 6) is 0.0715. The van der Waals surface area contributed by atoms with Gasteiger partial charge in [0, 0.05) is 28.4 Å². The number of hydrogen-bond acceptors (Lipinski definition) is 4. The summed E-state index contributed by atoms with van der Waals surface area (Å²) in [6, 6.07) is 5.45. The summed E-state index contributed by atoms with van der Waals surface area (Å²) >= 11 is 8.18. The summed E-state index contributed by atoms with van der Waals surface area (Å²) in [5.41, 5.74) is 7.19. The van der Waals surface area contributed by atoms with Crippen LogP contribution in [0.25, 0.3) is 0 Å². The van der Waals surface area contributed by atoms with Crippen molar-refractivity contribution in [3.63, 3.8) is 0 Å². The number of rotatable bonds is 6. The summed E-state index contributed by atoms with van der Waals surface area (Å²) < 4.78 is 0.417. The fraction of sp³-hybridized carbons (Fsp3) is 0.500. The van der Waals surface area contributed by atoms with Crippen molar-refractivity contribution in [2.45, 2.75) is 30.6 Å². The Morgan fingerprint density at radius 1 is 1.55 bits per heavy atom. The Kier molecular flexibility index (Phi) is 5.18. The molecule has 20 heavy (non-hydrogen) atoms. The maximum atomic E-state index is 8.65. The third-order valence-electron chi connectivity index (χ3n) is 3.92. The van der Waals surface area contributed by atoms with E-state index < -0.39 is 0 Å². The Morgan fingerprint density at radius 3 is 2.80 bits per heavy atom. The van der Waals surface area contributed by atoms with Crippen molar-refractivity contribution in [3.8, 4) is 0 Å². The number of nitrogens with zero attached hydrogens (tertiary/aromatic N) is 1. The molecular weight excluding hydrogens is 294 g/mol. The summed E-state index contributed by atoms with van der Waals surface area (Å²) in [6.07, 6.45) is 6.09. The van der Waals surface area contributed by atoms with E-state index in [4.69, 9.17) is 22.5 Å². The van der Waals surface area contributed by atoms with Gasteiger partial charge in [0.15, 0.2) is 5.84 Å². The van der Waals surface area contributed by atoms with Gasteiger partial charge in [-0.15, -0.1) is 0 Å². The first kappa shape index (κ1) is 15.5. The Morgan fingerprint density at radius 2 is 2.30 bits per heavy atom. The van der Waals surface area contributed by atoms with Gasteiger partial charge in [-0.05, 0) is 30.7 Å². The molecule has 0 bridgehead atoms. The van der Waals surface area contributed by atoms with Crippen molar-refractivity contribution in [2.24, 2.45) is 10.9 Å². The van der Waals surface area contributed by atoms with E-state index in [9.17, 15) is 0 Å². The molecule has 1 aliphatic carbocycles. The highest BCUT2D eigenvalue weighted by Crippen LogP contribution is 2.42. The van der Waals surface area contributed by atoms with E-state index in [-0.39, 0.29) is 5.84 Å². The van der Waals surface area contributed by atoms with E-state index in [0.717, 1.165) is 18.7 Å². The van der Waals surface area contributed by atoms with Crippen molar-refractivity contribution in [2.75, 3.05) is 12.8 Å². The molecule has 2 rings (SSSR count). The van der Waals surface area contributed by atoms with Crippen LogP contribution in [-0.4, -0.2) is 28.6 Å². The van der Waals surface area contributed by atoms with Crippen LogP contribution in [0.2, 0.25) is 5.02 Å². The lowest BCUT2D eigenvalue weighted by molar-refractivity contribution is 0.318. The average Bonchev–Trinajstić information content (AvgIpc) is 2.42. The number of nitrogens with two attached hydrogens (primary N) is 1. The molecule has 1 saturated carbocycles. The molecular formula is C14H20ClN3OS. The van der Waals surface area contributed by atoms with Gasteiger partial charge in [-0.3, -0.25) is 0 Å². The molecule has 0 unspecified atom stereocenters. The highest BCUT2D eigenvalue weighted by atomic mass is 35.5. The van der Waals surface area contributed by atoms with Crippen molar-refractivity contribution >= 4 is 29.2 Å². The minimum atomic E-state index is 0.0715. The van der Waals surface area contributed by atoms with Gasteiger partial charge in [0.2, 0.25) is 0 Å². The van der Waals surface area contributed by atoms with Crippen LogP contribution in [0, 0.1) is 0 Å². The number of halogens is 1. The number of amidine groups is 1. The lowest BCUT2D eigenvalue weighted by atomic mass is 9.84. The standard InChI is InChI=1S/C14H20ClN3OS/c1-20-14(5-2-6-14)9-17-8-11-4-3-10(7-12(11)15)13(16)18-19/h3-4,7,17,19H,2,5-6,8-9H2,1H3,(H2,16,18). The Labute approximate surface area is 128 Å². The second kappa shape index (κ2) is 6.70. The molecule has 1 fully saturated rings. The monoisotopic (exact) mass is 313 g/mol. The molecule has 0 amide bonds. The quantitative estimate of drug-likeness (QED) is 0.327. The van der Waals surface area contributed by atoms with Crippen LogP contribution < -0.4 is 11.1 Å². The summed E-state index contributed by atoms with van der Waals surface area (Å²) in [6.45, 7) is 1.74. The maximum Gasteiger partial charge on any atom is 0.170 e. The second-order valence-corrected chi connectivity index (χ2v) is 6.82. The van der Waals surface area contributed by atoms with Crippen molar-refractivity contribution in [1.29, 1.82) is 0 Å². The third kappa shape index (κ3) is 3.40. The molecule has 0 aliphatic heterocycles. The van der Waals surface area contributed by atoms with E-state index in [1.54, 1.807) is 6.07 Å². The first-order valence-corrected chi connectivity index (χ1v) is 8.23. The van der Waals surface area contributed by atoms with Crippen LogP contribution in [-0.2, 0) is 6.54 Å². The number of oxime groups is 1. The Balaban J connectivity index is 1.93. The molecule has 1 aromatic carbocycles. The second-order valence-electron chi connectivity index (χ2n) is 5.14. The van der Waals surface area contributed by atoms with Crippen LogP contribution in [0.15, 0.2) is 23.4 Å². The molecule has 0 radical (unpaired) electrons. The normalized spacial score (nSPS) is 17.8. The molecule has 110 valence electrons. The zero-order valence-electron chi connectivity index (χ0n) is 11.5. The molecule has 0 aromatic heterocycles. The van der Waals surface area contributed by atoms with E-state index in [2.05, 4.69) is 16.7 Å². The van der Waals surface area contributed by atoms with Gasteiger partial charge >= 0.3 is 0 Å². The number of thioether (sulfide) groups is 1. The highest BCUT2D eigenvalue weighted by Gasteiger charge is 2.35. The molecule has 4 nitrogen and oxygen atoms in total. The van der Waals surface area contributed by atoms with Gasteiger partial charge in [-0.25, -0.2) is 0 Å². The number of nitrogens with one attached hydrogen (secondary N) is 1. The fourth-order valence-electron chi connectivity index (χ4n) is 2.36. The van der Waals surface area contributed by atoms with Crippen molar-refractivity contribution in [3.05, 3.63) is 34.3 Å². The summed E-state index contributed by atoms with van der Waals surface area (Å²) in [5, 5.41) is 15.7. The average molecular weight is 314 g/mol. The highest BCUT2D eigenvalue weighted by molar-refractivity contribution is 8.00. The topological polar surface area (TPSA) is 70.6 Å². The van der Waals surface area contributed by atoms with Gasteiger partial charge in [0.25, 0.3) is 0 Å². The maximum absolute atomic E-state index is 8.65. The third-order valence-corrected chi connectivity index (χ3v) is 5.69. The zero-order chi connectivity index (χ0) is 14.6. The Bertz CT molecular complexity index is 498. The minimum absolute atomic E-state index is 0.0715. The van der Waals surface area contributed by atoms with Crippen LogP contribution in [0.3, 0.4) is 0 Å². The van der Waals surface area contributed by atoms with E-state index in [1.807, 2.05) is 23.9 Å². The Hall–Kier alpha value is -0.910. The fourth-order valence-corrected chi connectivity index (χ4v) is 3.55. The minimum Gasteiger partial charge on any atom is -0.409 e. The summed E-state index contributed by atoms with van der Waals surface area (Å²) in [7, 11) is 0. The van der Waals surface area contributed by atoms with Crippen LogP contribution in [0.1, 0.15) is 30.4 Å². The van der Waals surface area contributed by atoms with Gasteiger partial charge in [-0.2, -0.15) is 11.8 Å². The predicted molar refractivity (Wildman–Crippen MR) is 85.8 cm³/mol. The van der Waals surface area contributed by atoms with Gasteiger partial charge in [0.05, 0.1) is 0 Å². The van der Waals surface area contributed by atoms with E-state index in [0.29, 0.717) is 15.3 Å². The van der Waals surface area contributed by atoms with Crippen LogP contribution in [0.5, 0.6) is 0 Å². The predicted octanol–water partition coefficient (Wildman–Crippen LogP) is 2.81. The molecule has 0 spiro atoms. The lowest BCUT2D eigenvalue weighted by Gasteiger charge is -2.40.